The third-order valence-corrected chi connectivity index (χ3v) is 3.84. The molecule has 1 N–H and O–H groups in total. The van der Waals surface area contributed by atoms with Gasteiger partial charge in [-0.25, -0.2) is 0 Å². The fraction of sp³-hybridized carbons (Fsp3) is 1.00. The normalized spacial score (nSPS) is 36.6. The molecule has 0 bridgehead atoms. The Labute approximate surface area is 88.1 Å². The van der Waals surface area contributed by atoms with E-state index in [0.29, 0.717) is 0 Å². The highest BCUT2D eigenvalue weighted by Gasteiger charge is 2.33. The van der Waals surface area contributed by atoms with Crippen molar-refractivity contribution >= 4 is 0 Å². The van der Waals surface area contributed by atoms with Gasteiger partial charge in [0.05, 0.1) is 0 Å². The van der Waals surface area contributed by atoms with Crippen molar-refractivity contribution in [1.82, 2.24) is 10.2 Å². The molecular weight excluding hydrogens is 172 g/mol. The molecule has 0 amide bonds. The average Bonchev–Trinajstić information content (AvgIpc) is 2.71. The van der Waals surface area contributed by atoms with E-state index in [2.05, 4.69) is 24.2 Å². The van der Waals surface area contributed by atoms with Crippen LogP contribution in [0.2, 0.25) is 0 Å². The van der Waals surface area contributed by atoms with Gasteiger partial charge in [-0.3, -0.25) is 0 Å². The second-order valence-electron chi connectivity index (χ2n) is 5.32. The first kappa shape index (κ1) is 10.4. The Balaban J connectivity index is 1.55. The highest BCUT2D eigenvalue weighted by atomic mass is 15.1. The van der Waals surface area contributed by atoms with Gasteiger partial charge in [0.25, 0.3) is 0 Å². The van der Waals surface area contributed by atoms with Crippen LogP contribution in [-0.4, -0.2) is 37.6 Å². The lowest BCUT2D eigenvalue weighted by Gasteiger charge is -2.19. The van der Waals surface area contributed by atoms with E-state index >= 15 is 0 Å². The molecule has 0 spiro atoms. The second-order valence-corrected chi connectivity index (χ2v) is 5.32. The third kappa shape index (κ3) is 2.96. The number of nitrogens with one attached hydrogen (secondary N) is 1. The SMILES string of the molecule is CC1CC1CN(C)CCC1CCCN1. The molecule has 2 fully saturated rings. The molecule has 0 radical (unpaired) electrons. The van der Waals surface area contributed by atoms with Crippen molar-refractivity contribution in [1.29, 1.82) is 0 Å². The van der Waals surface area contributed by atoms with Crippen LogP contribution in [0.15, 0.2) is 0 Å². The van der Waals surface area contributed by atoms with Crippen molar-refractivity contribution in [3.8, 4) is 0 Å². The van der Waals surface area contributed by atoms with E-state index in [9.17, 15) is 0 Å². The molecule has 14 heavy (non-hydrogen) atoms. The summed E-state index contributed by atoms with van der Waals surface area (Å²) in [5, 5.41) is 3.56. The highest BCUT2D eigenvalue weighted by Crippen LogP contribution is 2.37. The monoisotopic (exact) mass is 196 g/mol. The van der Waals surface area contributed by atoms with Gasteiger partial charge in [0, 0.05) is 12.6 Å². The number of nitrogens with zero attached hydrogens (tertiary/aromatic N) is 1. The summed E-state index contributed by atoms with van der Waals surface area (Å²) in [6.45, 7) is 6.22. The molecular formula is C12H24N2. The molecule has 1 heterocycles. The summed E-state index contributed by atoms with van der Waals surface area (Å²) in [6.07, 6.45) is 5.59. The first-order chi connectivity index (χ1) is 6.75. The fourth-order valence-electron chi connectivity index (χ4n) is 2.52. The van der Waals surface area contributed by atoms with E-state index in [0.717, 1.165) is 17.9 Å². The van der Waals surface area contributed by atoms with E-state index in [-0.39, 0.29) is 0 Å². The average molecular weight is 196 g/mol. The smallest absolute Gasteiger partial charge is 0.00797 e. The maximum Gasteiger partial charge on any atom is 0.00797 e. The van der Waals surface area contributed by atoms with Crippen LogP contribution >= 0.6 is 0 Å². The highest BCUT2D eigenvalue weighted by molar-refractivity contribution is 4.85. The van der Waals surface area contributed by atoms with Crippen LogP contribution in [0.4, 0.5) is 0 Å². The molecule has 2 aliphatic rings. The van der Waals surface area contributed by atoms with Crippen LogP contribution in [0.5, 0.6) is 0 Å². The molecule has 0 aromatic rings. The molecule has 0 aromatic carbocycles. The lowest BCUT2D eigenvalue weighted by molar-refractivity contribution is 0.297. The first-order valence-corrected chi connectivity index (χ1v) is 6.17. The van der Waals surface area contributed by atoms with Crippen LogP contribution < -0.4 is 5.32 Å². The molecule has 3 atom stereocenters. The minimum absolute atomic E-state index is 0.814. The molecule has 2 rings (SSSR count). The molecule has 1 aliphatic heterocycles. The Kier molecular flexibility index (Phi) is 3.45. The summed E-state index contributed by atoms with van der Waals surface area (Å²) in [5.74, 6) is 2.01. The number of hydrogen-bond acceptors (Lipinski definition) is 2. The molecule has 1 saturated heterocycles. The summed E-state index contributed by atoms with van der Waals surface area (Å²) < 4.78 is 0. The molecule has 2 heteroatoms. The zero-order chi connectivity index (χ0) is 9.97. The van der Waals surface area contributed by atoms with Crippen molar-refractivity contribution in [3.63, 3.8) is 0 Å². The maximum atomic E-state index is 3.56. The van der Waals surface area contributed by atoms with Crippen LogP contribution in [0.25, 0.3) is 0 Å². The van der Waals surface area contributed by atoms with Gasteiger partial charge in [-0.2, -0.15) is 0 Å². The first-order valence-electron chi connectivity index (χ1n) is 6.17. The van der Waals surface area contributed by atoms with Gasteiger partial charge in [-0.15, -0.1) is 0 Å². The van der Waals surface area contributed by atoms with Crippen LogP contribution in [0, 0.1) is 11.8 Å². The zero-order valence-electron chi connectivity index (χ0n) is 9.63. The molecule has 2 nitrogen and oxygen atoms in total. The van der Waals surface area contributed by atoms with Gasteiger partial charge in [0.15, 0.2) is 0 Å². The van der Waals surface area contributed by atoms with Crippen LogP contribution in [-0.2, 0) is 0 Å². The van der Waals surface area contributed by atoms with E-state index in [1.54, 1.807) is 0 Å². The largest absolute Gasteiger partial charge is 0.314 e. The quantitative estimate of drug-likeness (QED) is 0.720. The van der Waals surface area contributed by atoms with Crippen molar-refractivity contribution in [2.75, 3.05) is 26.7 Å². The van der Waals surface area contributed by atoms with Crippen molar-refractivity contribution in [2.24, 2.45) is 11.8 Å². The molecule has 1 aliphatic carbocycles. The lowest BCUT2D eigenvalue weighted by atomic mass is 10.1. The molecule has 82 valence electrons. The minimum Gasteiger partial charge on any atom is -0.314 e. The van der Waals surface area contributed by atoms with E-state index in [1.165, 1.54) is 45.3 Å². The molecule has 0 aromatic heterocycles. The zero-order valence-corrected chi connectivity index (χ0v) is 9.63. The minimum atomic E-state index is 0.814. The van der Waals surface area contributed by atoms with E-state index in [4.69, 9.17) is 0 Å². The number of hydrogen-bond donors (Lipinski definition) is 1. The predicted octanol–water partition coefficient (Wildman–Crippen LogP) is 1.72. The Morgan fingerprint density at radius 2 is 2.21 bits per heavy atom. The van der Waals surface area contributed by atoms with Crippen molar-refractivity contribution in [3.05, 3.63) is 0 Å². The predicted molar refractivity (Wildman–Crippen MR) is 60.4 cm³/mol. The summed E-state index contributed by atoms with van der Waals surface area (Å²) in [6, 6.07) is 0.814. The van der Waals surface area contributed by atoms with E-state index < -0.39 is 0 Å². The van der Waals surface area contributed by atoms with Crippen molar-refractivity contribution in [2.45, 2.75) is 38.6 Å². The third-order valence-electron chi connectivity index (χ3n) is 3.84. The van der Waals surface area contributed by atoms with Gasteiger partial charge >= 0.3 is 0 Å². The van der Waals surface area contributed by atoms with Gasteiger partial charge in [0.1, 0.15) is 0 Å². The Bertz CT molecular complexity index is 175. The Hall–Kier alpha value is -0.0800. The maximum absolute atomic E-state index is 3.56. The standard InChI is InChI=1S/C12H24N2/c1-10-8-11(10)9-14(2)7-5-12-4-3-6-13-12/h10-13H,3-9H2,1-2H3. The fourth-order valence-corrected chi connectivity index (χ4v) is 2.52. The van der Waals surface area contributed by atoms with Crippen LogP contribution in [0.1, 0.15) is 32.6 Å². The van der Waals surface area contributed by atoms with Crippen molar-refractivity contribution < 1.29 is 0 Å². The van der Waals surface area contributed by atoms with E-state index in [1.807, 2.05) is 0 Å². The van der Waals surface area contributed by atoms with Gasteiger partial charge in [0.2, 0.25) is 0 Å². The molecule has 3 unspecified atom stereocenters. The summed E-state index contributed by atoms with van der Waals surface area (Å²) in [4.78, 5) is 2.52. The van der Waals surface area contributed by atoms with Gasteiger partial charge in [-0.1, -0.05) is 6.92 Å². The summed E-state index contributed by atoms with van der Waals surface area (Å²) >= 11 is 0. The second kappa shape index (κ2) is 4.63. The lowest BCUT2D eigenvalue weighted by Crippen LogP contribution is -2.29. The van der Waals surface area contributed by atoms with Gasteiger partial charge < -0.3 is 10.2 Å². The van der Waals surface area contributed by atoms with Crippen LogP contribution in [0.3, 0.4) is 0 Å². The summed E-state index contributed by atoms with van der Waals surface area (Å²) in [7, 11) is 2.28. The topological polar surface area (TPSA) is 15.3 Å². The molecule has 1 saturated carbocycles. The number of rotatable bonds is 5. The van der Waals surface area contributed by atoms with Gasteiger partial charge in [-0.05, 0) is 57.7 Å². The Morgan fingerprint density at radius 1 is 1.43 bits per heavy atom. The Morgan fingerprint density at radius 3 is 2.79 bits per heavy atom. The summed E-state index contributed by atoms with van der Waals surface area (Å²) in [5.41, 5.74) is 0.